The zero-order chi connectivity index (χ0) is 41.7. The van der Waals surface area contributed by atoms with Gasteiger partial charge in [0, 0.05) is 93.5 Å². The molecular weight excluding hydrogens is 771 g/mol. The standard InChI is InChI=1S/C44H50F2N10O4/c1-26-19-29-20-37(48-26)33-24-47-52(3)43(33)60-18-4-5-27(2)56-38-23-30(6-8-36(38)49-44(56)51-41(29)58)55-16-14-53(15-17-55)25-28-10-12-54(13-11-28)31-21-34(45)40(35(46)22-31)32-7-9-39(57)50-42(32)59/h6,8,19-24,27-28,32H,4-5,7,9-18,25H2,1-3H3,(H,49,51,58)(H,50,57,59)/t27-,32-/m1/s1. The molecule has 3 amide bonds. The van der Waals surface area contributed by atoms with Crippen LogP contribution in [0.5, 0.6) is 5.88 Å². The van der Waals surface area contributed by atoms with Gasteiger partial charge in [-0.05, 0) is 94.3 Å². The Balaban J connectivity index is 0.843. The molecule has 4 aliphatic heterocycles. The Morgan fingerprint density at radius 3 is 2.35 bits per heavy atom. The first-order chi connectivity index (χ1) is 29.0. The Kier molecular flexibility index (Phi) is 10.7. The summed E-state index contributed by atoms with van der Waals surface area (Å²) in [5.41, 5.74) is 5.66. The van der Waals surface area contributed by atoms with E-state index in [1.807, 2.05) is 24.9 Å². The van der Waals surface area contributed by atoms with E-state index in [0.717, 1.165) is 80.7 Å². The number of halogens is 2. The first kappa shape index (κ1) is 39.6. The second-order valence-electron chi connectivity index (χ2n) is 16.7. The lowest BCUT2D eigenvalue weighted by atomic mass is 9.89. The number of fused-ring (bicyclic) bond motifs is 7. The van der Waals surface area contributed by atoms with Crippen LogP contribution in [-0.2, 0) is 16.6 Å². The van der Waals surface area contributed by atoms with Crippen molar-refractivity contribution in [2.24, 2.45) is 13.0 Å². The third-order valence-electron chi connectivity index (χ3n) is 12.6. The molecule has 0 saturated carbocycles. The minimum atomic E-state index is -1.01. The van der Waals surface area contributed by atoms with Crippen molar-refractivity contribution in [2.75, 3.05) is 67.5 Å². The highest BCUT2D eigenvalue weighted by Crippen LogP contribution is 2.36. The summed E-state index contributed by atoms with van der Waals surface area (Å²) in [4.78, 5) is 54.3. The molecule has 0 aliphatic carbocycles. The van der Waals surface area contributed by atoms with Gasteiger partial charge in [0.15, 0.2) is 0 Å². The predicted molar refractivity (Wildman–Crippen MR) is 223 cm³/mol. The summed E-state index contributed by atoms with van der Waals surface area (Å²) >= 11 is 0. The molecule has 0 unspecified atom stereocenters. The normalized spacial score (nSPS) is 20.9. The summed E-state index contributed by atoms with van der Waals surface area (Å²) in [5.74, 6) is -2.23. The lowest BCUT2D eigenvalue weighted by molar-refractivity contribution is -0.134. The van der Waals surface area contributed by atoms with Gasteiger partial charge in [0.2, 0.25) is 23.6 Å². The number of anilines is 3. The second kappa shape index (κ2) is 16.3. The fourth-order valence-corrected chi connectivity index (χ4v) is 9.36. The number of hydrogen-bond donors (Lipinski definition) is 2. The van der Waals surface area contributed by atoms with Crippen LogP contribution in [0.15, 0.2) is 48.7 Å². The zero-order valence-corrected chi connectivity index (χ0v) is 34.2. The molecule has 2 N–H and O–H groups in total. The Labute approximate surface area is 346 Å². The van der Waals surface area contributed by atoms with E-state index in [9.17, 15) is 14.4 Å². The van der Waals surface area contributed by atoms with Crippen LogP contribution in [0.3, 0.4) is 0 Å². The molecule has 0 spiro atoms. The fraction of sp³-hybridized carbons (Fsp3) is 0.455. The number of nitrogens with zero attached hydrogens (tertiary/aromatic N) is 8. The summed E-state index contributed by atoms with van der Waals surface area (Å²) < 4.78 is 40.6. The van der Waals surface area contributed by atoms with Crippen molar-refractivity contribution in [2.45, 2.75) is 64.3 Å². The quantitative estimate of drug-likeness (QED) is 0.204. The summed E-state index contributed by atoms with van der Waals surface area (Å²) in [6, 6.07) is 12.6. The van der Waals surface area contributed by atoms with Crippen LogP contribution in [0.1, 0.15) is 79.0 Å². The van der Waals surface area contributed by atoms with Gasteiger partial charge in [0.25, 0.3) is 5.91 Å². The number of piperazine rings is 1. The Hall–Kier alpha value is -5.90. The van der Waals surface area contributed by atoms with Gasteiger partial charge in [0.1, 0.15) is 11.6 Å². The van der Waals surface area contributed by atoms with Crippen molar-refractivity contribution < 1.29 is 27.9 Å². The molecule has 0 radical (unpaired) electrons. The first-order valence-electron chi connectivity index (χ1n) is 21.0. The highest BCUT2D eigenvalue weighted by atomic mass is 19.1. The summed E-state index contributed by atoms with van der Waals surface area (Å²) in [6.07, 6.45) is 5.29. The van der Waals surface area contributed by atoms with E-state index in [1.54, 1.807) is 23.0 Å². The largest absolute Gasteiger partial charge is 0.477 e. The van der Waals surface area contributed by atoms with E-state index < -0.39 is 29.4 Å². The van der Waals surface area contributed by atoms with Gasteiger partial charge in [-0.1, -0.05) is 0 Å². The molecule has 60 heavy (non-hydrogen) atoms. The minimum Gasteiger partial charge on any atom is -0.477 e. The maximum absolute atomic E-state index is 15.2. The molecule has 2 bridgehead atoms. The smallest absolute Gasteiger partial charge is 0.258 e. The van der Waals surface area contributed by atoms with Gasteiger partial charge in [-0.3, -0.25) is 34.9 Å². The van der Waals surface area contributed by atoms with Crippen molar-refractivity contribution in [1.82, 2.24) is 34.5 Å². The molecule has 5 aromatic rings. The van der Waals surface area contributed by atoms with Crippen molar-refractivity contribution in [3.8, 4) is 17.1 Å². The third-order valence-corrected chi connectivity index (χ3v) is 12.6. The van der Waals surface area contributed by atoms with Crippen molar-refractivity contribution >= 4 is 46.1 Å². The third kappa shape index (κ3) is 7.80. The molecule has 2 atom stereocenters. The van der Waals surface area contributed by atoms with Crippen LogP contribution in [-0.4, -0.2) is 99.4 Å². The van der Waals surface area contributed by atoms with Crippen molar-refractivity contribution in [3.63, 3.8) is 0 Å². The Morgan fingerprint density at radius 2 is 1.60 bits per heavy atom. The van der Waals surface area contributed by atoms with Crippen molar-refractivity contribution in [3.05, 3.63) is 77.1 Å². The average Bonchev–Trinajstić information content (AvgIpc) is 3.78. The van der Waals surface area contributed by atoms with Crippen LogP contribution in [0, 0.1) is 24.5 Å². The number of amides is 3. The lowest BCUT2D eigenvalue weighted by Crippen LogP contribution is -2.49. The lowest BCUT2D eigenvalue weighted by Gasteiger charge is -2.40. The molecule has 9 rings (SSSR count). The van der Waals surface area contributed by atoms with E-state index >= 15 is 8.78 Å². The number of aromatic nitrogens is 5. The second-order valence-corrected chi connectivity index (χ2v) is 16.7. The van der Waals surface area contributed by atoms with Crippen LogP contribution in [0.4, 0.5) is 26.1 Å². The number of rotatable bonds is 5. The SMILES string of the molecule is Cc1cc2cc(n1)-c1cnn(C)c1OCCC[C@@H](C)n1c(nc3ccc(N4CCN(CC5CCN(c6cc(F)c([C@H]7CCC(=O)NC7=O)c(F)c6)CC5)CC4)cc31)NC2=O. The number of imidazole rings is 1. The molecule has 4 aliphatic rings. The van der Waals surface area contributed by atoms with Gasteiger partial charge < -0.3 is 19.1 Å². The van der Waals surface area contributed by atoms with Gasteiger partial charge >= 0.3 is 0 Å². The highest BCUT2D eigenvalue weighted by molar-refractivity contribution is 6.05. The monoisotopic (exact) mass is 820 g/mol. The highest BCUT2D eigenvalue weighted by Gasteiger charge is 2.34. The molecule has 16 heteroatoms. The van der Waals surface area contributed by atoms with Crippen LogP contribution >= 0.6 is 0 Å². The number of piperidine rings is 2. The van der Waals surface area contributed by atoms with Gasteiger partial charge in [0.05, 0.1) is 41.0 Å². The number of carbonyl (C=O) groups is 3. The summed E-state index contributed by atoms with van der Waals surface area (Å²) in [5, 5.41) is 9.73. The molecule has 14 nitrogen and oxygen atoms in total. The maximum Gasteiger partial charge on any atom is 0.258 e. The number of pyridine rings is 1. The molecule has 314 valence electrons. The van der Waals surface area contributed by atoms with Crippen LogP contribution in [0.25, 0.3) is 22.3 Å². The van der Waals surface area contributed by atoms with E-state index in [-0.39, 0.29) is 30.4 Å². The van der Waals surface area contributed by atoms with E-state index in [0.29, 0.717) is 60.1 Å². The van der Waals surface area contributed by atoms with E-state index in [4.69, 9.17) is 14.7 Å². The Morgan fingerprint density at radius 1 is 0.850 bits per heavy atom. The number of aryl methyl sites for hydroxylation is 2. The number of carbonyl (C=O) groups excluding carboxylic acids is 3. The zero-order valence-electron chi connectivity index (χ0n) is 34.2. The summed E-state index contributed by atoms with van der Waals surface area (Å²) in [7, 11) is 1.84. The minimum absolute atomic E-state index is 0.0198. The fourth-order valence-electron chi connectivity index (χ4n) is 9.36. The molecular formula is C44H50F2N10O4. The van der Waals surface area contributed by atoms with Gasteiger partial charge in [-0.15, -0.1) is 0 Å². The van der Waals surface area contributed by atoms with Crippen LogP contribution in [0.2, 0.25) is 0 Å². The summed E-state index contributed by atoms with van der Waals surface area (Å²) in [6.45, 7) is 10.4. The number of benzene rings is 2. The number of hydrogen-bond acceptors (Lipinski definition) is 10. The van der Waals surface area contributed by atoms with Gasteiger partial charge in [-0.2, -0.15) is 5.10 Å². The Bertz CT molecular complexity index is 2440. The predicted octanol–water partition coefficient (Wildman–Crippen LogP) is 5.96. The molecule has 2 aromatic carbocycles. The number of nitrogens with one attached hydrogen (secondary N) is 2. The molecule has 7 heterocycles. The topological polar surface area (TPSA) is 143 Å². The van der Waals surface area contributed by atoms with Crippen LogP contribution < -0.4 is 25.2 Å². The van der Waals surface area contributed by atoms with Crippen molar-refractivity contribution in [1.29, 1.82) is 0 Å². The van der Waals surface area contributed by atoms with E-state index in [1.165, 1.54) is 12.1 Å². The average molecular weight is 821 g/mol. The number of imide groups is 1. The maximum atomic E-state index is 15.2. The molecule has 3 saturated heterocycles. The van der Waals surface area contributed by atoms with E-state index in [2.05, 4.69) is 49.2 Å². The molecule has 3 fully saturated rings. The number of ether oxygens (including phenoxy) is 1. The van der Waals surface area contributed by atoms with Gasteiger partial charge in [-0.25, -0.2) is 18.4 Å². The molecule has 3 aromatic heterocycles. The first-order valence-corrected chi connectivity index (χ1v) is 21.0.